The number of aromatic nitrogens is 1. The number of thiocarbonyl (C=S) groups is 1. The van der Waals surface area contributed by atoms with Gasteiger partial charge >= 0.3 is 0 Å². The first-order valence-corrected chi connectivity index (χ1v) is 11.8. The van der Waals surface area contributed by atoms with Gasteiger partial charge in [0.15, 0.2) is 10.2 Å². The lowest BCUT2D eigenvalue weighted by Crippen LogP contribution is -2.29. The Morgan fingerprint density at radius 3 is 2.45 bits per heavy atom. The van der Waals surface area contributed by atoms with Gasteiger partial charge in [0.25, 0.3) is 0 Å². The van der Waals surface area contributed by atoms with Gasteiger partial charge in [0, 0.05) is 21.3 Å². The van der Waals surface area contributed by atoms with E-state index in [0.717, 1.165) is 31.6 Å². The first-order chi connectivity index (χ1) is 15.2. The molecule has 0 aliphatic carbocycles. The Labute approximate surface area is 198 Å². The second-order valence-electron chi connectivity index (χ2n) is 7.04. The summed E-state index contributed by atoms with van der Waals surface area (Å²) in [5.74, 6) is 0.837. The van der Waals surface area contributed by atoms with Crippen LogP contribution in [0.25, 0.3) is 0 Å². The van der Waals surface area contributed by atoms with Crippen molar-refractivity contribution in [2.45, 2.75) is 22.1 Å². The molecule has 1 aliphatic rings. The Kier molecular flexibility index (Phi) is 5.80. The zero-order chi connectivity index (χ0) is 21.2. The molecule has 31 heavy (non-hydrogen) atoms. The van der Waals surface area contributed by atoms with E-state index < -0.39 is 0 Å². The van der Waals surface area contributed by atoms with Crippen molar-refractivity contribution in [3.8, 4) is 0 Å². The Bertz CT molecular complexity index is 1180. The molecule has 2 aromatic carbocycles. The largest absolute Gasteiger partial charge is 0.452 e. The monoisotopic (exact) mass is 507 g/mol. The number of hydrogen-bond donors (Lipinski definition) is 1. The van der Waals surface area contributed by atoms with Crippen LogP contribution < -0.4 is 10.2 Å². The van der Waals surface area contributed by atoms with Crippen LogP contribution in [-0.4, -0.2) is 10.1 Å². The highest BCUT2D eigenvalue weighted by Crippen LogP contribution is 2.43. The van der Waals surface area contributed by atoms with E-state index >= 15 is 0 Å². The topological polar surface area (TPSA) is 41.3 Å². The summed E-state index contributed by atoms with van der Waals surface area (Å²) in [5.41, 5.74) is 1.92. The quantitative estimate of drug-likeness (QED) is 0.300. The summed E-state index contributed by atoms with van der Waals surface area (Å²) in [4.78, 5) is 7.83. The molecular weight excluding hydrogens is 490 g/mol. The number of pyridine rings is 1. The van der Waals surface area contributed by atoms with Crippen LogP contribution in [0, 0.1) is 0 Å². The maximum Gasteiger partial charge on any atom is 0.174 e. The van der Waals surface area contributed by atoms with E-state index in [0.29, 0.717) is 5.11 Å². The Morgan fingerprint density at radius 1 is 0.935 bits per heavy atom. The van der Waals surface area contributed by atoms with Crippen LogP contribution >= 0.6 is 39.9 Å². The molecule has 2 aromatic heterocycles. The van der Waals surface area contributed by atoms with Crippen LogP contribution in [0.2, 0.25) is 0 Å². The zero-order valence-electron chi connectivity index (χ0n) is 16.3. The van der Waals surface area contributed by atoms with E-state index in [1.165, 1.54) is 0 Å². The van der Waals surface area contributed by atoms with E-state index in [-0.39, 0.29) is 12.1 Å². The van der Waals surface area contributed by atoms with Crippen molar-refractivity contribution in [2.75, 3.05) is 4.90 Å². The van der Waals surface area contributed by atoms with Crippen molar-refractivity contribution in [2.24, 2.45) is 0 Å². The number of rotatable bonds is 5. The lowest BCUT2D eigenvalue weighted by molar-refractivity contribution is 0.383. The normalized spacial score (nSPS) is 18.2. The number of nitrogens with zero attached hydrogens (tertiary/aromatic N) is 2. The lowest BCUT2D eigenvalue weighted by atomic mass is 10.0. The SMILES string of the molecule is S=C1N[C@@H](c2ccccn2)[C@H](c2ccc(Sc3ccccc3)o2)N1c1ccc(Br)cc1. The van der Waals surface area contributed by atoms with Crippen LogP contribution in [0.15, 0.2) is 110 Å². The van der Waals surface area contributed by atoms with E-state index in [2.05, 4.69) is 55.4 Å². The third-order valence-corrected chi connectivity index (χ3v) is 6.83. The number of benzene rings is 2. The van der Waals surface area contributed by atoms with Gasteiger partial charge in [-0.05, 0) is 72.9 Å². The first-order valence-electron chi connectivity index (χ1n) is 9.78. The number of halogens is 1. The highest BCUT2D eigenvalue weighted by molar-refractivity contribution is 9.10. The van der Waals surface area contributed by atoms with E-state index in [1.54, 1.807) is 18.0 Å². The van der Waals surface area contributed by atoms with Gasteiger partial charge in [-0.2, -0.15) is 0 Å². The van der Waals surface area contributed by atoms with Crippen LogP contribution in [-0.2, 0) is 0 Å². The third-order valence-electron chi connectivity index (χ3n) is 5.06. The number of nitrogens with one attached hydrogen (secondary N) is 1. The second kappa shape index (κ2) is 8.86. The molecule has 4 nitrogen and oxygen atoms in total. The van der Waals surface area contributed by atoms with E-state index in [9.17, 15) is 0 Å². The maximum absolute atomic E-state index is 6.33. The number of anilines is 1. The summed E-state index contributed by atoms with van der Waals surface area (Å²) < 4.78 is 7.35. The molecule has 0 saturated carbocycles. The van der Waals surface area contributed by atoms with Crippen molar-refractivity contribution in [3.63, 3.8) is 0 Å². The summed E-state index contributed by atoms with van der Waals surface area (Å²) in [6, 6.07) is 28.0. The molecule has 1 aliphatic heterocycles. The highest BCUT2D eigenvalue weighted by atomic mass is 79.9. The van der Waals surface area contributed by atoms with Gasteiger partial charge in [-0.3, -0.25) is 4.98 Å². The summed E-state index contributed by atoms with van der Waals surface area (Å²) in [6.07, 6.45) is 1.80. The maximum atomic E-state index is 6.33. The van der Waals surface area contributed by atoms with Crippen LogP contribution in [0.4, 0.5) is 5.69 Å². The average molecular weight is 508 g/mol. The third kappa shape index (κ3) is 4.26. The minimum Gasteiger partial charge on any atom is -0.452 e. The van der Waals surface area contributed by atoms with Crippen molar-refractivity contribution in [1.82, 2.24) is 10.3 Å². The molecule has 154 valence electrons. The summed E-state index contributed by atoms with van der Waals surface area (Å²) in [5, 5.41) is 4.95. The second-order valence-corrected chi connectivity index (χ2v) is 9.43. The number of hydrogen-bond acceptors (Lipinski definition) is 4. The number of furan rings is 1. The van der Waals surface area contributed by atoms with Gasteiger partial charge in [0.2, 0.25) is 0 Å². The molecule has 0 unspecified atom stereocenters. The van der Waals surface area contributed by atoms with Gasteiger partial charge < -0.3 is 14.6 Å². The van der Waals surface area contributed by atoms with Gasteiger partial charge in [-0.1, -0.05) is 52.0 Å². The molecule has 3 heterocycles. The smallest absolute Gasteiger partial charge is 0.174 e. The summed E-state index contributed by atoms with van der Waals surface area (Å²) >= 11 is 10.9. The molecule has 0 spiro atoms. The molecule has 4 aromatic rings. The predicted octanol–water partition coefficient (Wildman–Crippen LogP) is 6.77. The lowest BCUT2D eigenvalue weighted by Gasteiger charge is -2.26. The molecule has 1 N–H and O–H groups in total. The molecular formula is C24H18BrN3OS2. The van der Waals surface area contributed by atoms with Crippen molar-refractivity contribution in [1.29, 1.82) is 0 Å². The molecule has 7 heteroatoms. The van der Waals surface area contributed by atoms with E-state index in [4.69, 9.17) is 16.6 Å². The zero-order valence-corrected chi connectivity index (χ0v) is 19.5. The first kappa shape index (κ1) is 20.3. The highest BCUT2D eigenvalue weighted by Gasteiger charge is 2.42. The molecule has 0 amide bonds. The van der Waals surface area contributed by atoms with Crippen LogP contribution in [0.3, 0.4) is 0 Å². The van der Waals surface area contributed by atoms with E-state index in [1.807, 2.05) is 60.7 Å². The molecule has 1 fully saturated rings. The van der Waals surface area contributed by atoms with Crippen LogP contribution in [0.5, 0.6) is 0 Å². The Balaban J connectivity index is 1.53. The summed E-state index contributed by atoms with van der Waals surface area (Å²) in [7, 11) is 0. The molecule has 5 rings (SSSR count). The predicted molar refractivity (Wildman–Crippen MR) is 131 cm³/mol. The van der Waals surface area contributed by atoms with Crippen molar-refractivity contribution < 1.29 is 4.42 Å². The fourth-order valence-corrected chi connectivity index (χ4v) is 5.09. The standard InChI is InChI=1S/C24H18BrN3OS2/c25-16-9-11-17(12-10-16)28-23(22(27-24(28)30)19-8-4-5-15-26-19)20-13-14-21(29-20)31-18-6-2-1-3-7-18/h1-15,22-23H,(H,27,30)/t22-,23-/m0/s1. The fourth-order valence-electron chi connectivity index (χ4n) is 3.68. The van der Waals surface area contributed by atoms with Gasteiger partial charge in [-0.15, -0.1) is 0 Å². The molecule has 0 radical (unpaired) electrons. The van der Waals surface area contributed by atoms with Crippen LogP contribution in [0.1, 0.15) is 23.5 Å². The van der Waals surface area contributed by atoms with Gasteiger partial charge in [0.1, 0.15) is 11.8 Å². The average Bonchev–Trinajstić information content (AvgIpc) is 3.40. The van der Waals surface area contributed by atoms with Crippen molar-refractivity contribution in [3.05, 3.63) is 107 Å². The molecule has 0 bridgehead atoms. The van der Waals surface area contributed by atoms with Gasteiger partial charge in [-0.25, -0.2) is 0 Å². The van der Waals surface area contributed by atoms with Crippen molar-refractivity contribution >= 4 is 50.7 Å². The van der Waals surface area contributed by atoms with Gasteiger partial charge in [0.05, 0.1) is 11.7 Å². The molecule has 1 saturated heterocycles. The fraction of sp³-hybridized carbons (Fsp3) is 0.0833. The Morgan fingerprint density at radius 2 is 1.71 bits per heavy atom. The minimum atomic E-state index is -0.159. The minimum absolute atomic E-state index is 0.127. The Hall–Kier alpha value is -2.61. The summed E-state index contributed by atoms with van der Waals surface area (Å²) in [6.45, 7) is 0. The molecule has 2 atom stereocenters.